The maximum Gasteiger partial charge on any atom is 0.289 e. The predicted molar refractivity (Wildman–Crippen MR) is 62.4 cm³/mol. The van der Waals surface area contributed by atoms with Crippen molar-refractivity contribution in [3.05, 3.63) is 23.7 Å². The summed E-state index contributed by atoms with van der Waals surface area (Å²) in [6.07, 6.45) is 0.614. The number of aryl methyl sites for hydroxylation is 1. The molecule has 1 unspecified atom stereocenters. The Bertz CT molecular complexity index is 450. The average Bonchev–Trinajstić information content (AvgIpc) is 2.75. The van der Waals surface area contributed by atoms with Crippen LogP contribution in [0.1, 0.15) is 29.7 Å². The first-order valence-electron chi connectivity index (χ1n) is 5.68. The molecule has 0 bridgehead atoms. The fraction of sp³-hybridized carbons (Fsp3) is 0.500. The molecular weight excluding hydrogens is 220 g/mol. The highest BCUT2D eigenvalue weighted by Crippen LogP contribution is 2.17. The smallest absolute Gasteiger partial charge is 0.289 e. The van der Waals surface area contributed by atoms with Crippen LogP contribution in [-0.4, -0.2) is 34.8 Å². The first-order chi connectivity index (χ1) is 8.11. The van der Waals surface area contributed by atoms with Crippen molar-refractivity contribution in [3.8, 4) is 0 Å². The molecule has 0 aromatic carbocycles. The molecule has 5 nitrogen and oxygen atoms in total. The van der Waals surface area contributed by atoms with Gasteiger partial charge in [-0.2, -0.15) is 0 Å². The summed E-state index contributed by atoms with van der Waals surface area (Å²) in [5, 5.41) is 12.0. The molecule has 1 aliphatic rings. The Morgan fingerprint density at radius 1 is 1.59 bits per heavy atom. The molecule has 0 saturated carbocycles. The highest BCUT2D eigenvalue weighted by Gasteiger charge is 2.27. The molecule has 1 N–H and O–H groups in total. The van der Waals surface area contributed by atoms with Crippen molar-refractivity contribution in [1.29, 1.82) is 0 Å². The van der Waals surface area contributed by atoms with Crippen LogP contribution in [-0.2, 0) is 0 Å². The monoisotopic (exact) mass is 236 g/mol. The van der Waals surface area contributed by atoms with E-state index in [-0.39, 0.29) is 11.8 Å². The summed E-state index contributed by atoms with van der Waals surface area (Å²) < 4.78 is 5.32. The fourth-order valence-corrected chi connectivity index (χ4v) is 2.06. The van der Waals surface area contributed by atoms with Crippen LogP contribution in [0.4, 0.5) is 0 Å². The van der Waals surface area contributed by atoms with Crippen LogP contribution < -0.4 is 0 Å². The summed E-state index contributed by atoms with van der Waals surface area (Å²) in [4.78, 5) is 13.8. The molecule has 92 valence electrons. The SMILES string of the molecule is Cc1ccc(C(=O)N2CC/C(=N\O)C(C)C2)o1. The van der Waals surface area contributed by atoms with E-state index in [9.17, 15) is 4.79 Å². The lowest BCUT2D eigenvalue weighted by Gasteiger charge is -2.30. The summed E-state index contributed by atoms with van der Waals surface area (Å²) in [5.74, 6) is 1.10. The van der Waals surface area contributed by atoms with Gasteiger partial charge in [0.15, 0.2) is 5.76 Å². The zero-order valence-corrected chi connectivity index (χ0v) is 10.0. The minimum absolute atomic E-state index is 0.0914. The van der Waals surface area contributed by atoms with E-state index in [1.165, 1.54) is 0 Å². The molecule has 1 amide bonds. The molecule has 5 heteroatoms. The Labute approximate surface area is 99.7 Å². The van der Waals surface area contributed by atoms with E-state index in [1.807, 2.05) is 13.8 Å². The number of likely N-dealkylation sites (tertiary alicyclic amines) is 1. The van der Waals surface area contributed by atoms with Crippen LogP contribution in [0, 0.1) is 12.8 Å². The fourth-order valence-electron chi connectivity index (χ4n) is 2.06. The summed E-state index contributed by atoms with van der Waals surface area (Å²) in [5.41, 5.74) is 0.754. The molecule has 0 spiro atoms. The van der Waals surface area contributed by atoms with Gasteiger partial charge >= 0.3 is 0 Å². The molecule has 1 saturated heterocycles. The van der Waals surface area contributed by atoms with Crippen molar-refractivity contribution in [2.75, 3.05) is 13.1 Å². The Morgan fingerprint density at radius 2 is 2.35 bits per heavy atom. The second kappa shape index (κ2) is 4.61. The van der Waals surface area contributed by atoms with Crippen molar-refractivity contribution in [1.82, 2.24) is 4.90 Å². The first-order valence-corrected chi connectivity index (χ1v) is 5.68. The second-order valence-corrected chi connectivity index (χ2v) is 4.40. The topological polar surface area (TPSA) is 66.0 Å². The van der Waals surface area contributed by atoms with Crippen molar-refractivity contribution < 1.29 is 14.4 Å². The van der Waals surface area contributed by atoms with Gasteiger partial charge in [-0.25, -0.2) is 0 Å². The Hall–Kier alpha value is -1.78. The maximum absolute atomic E-state index is 12.1. The van der Waals surface area contributed by atoms with E-state index in [4.69, 9.17) is 9.62 Å². The van der Waals surface area contributed by atoms with Crippen LogP contribution in [0.2, 0.25) is 0 Å². The third-order valence-corrected chi connectivity index (χ3v) is 3.07. The van der Waals surface area contributed by atoms with Gasteiger partial charge in [0.1, 0.15) is 5.76 Å². The quantitative estimate of drug-likeness (QED) is 0.598. The molecular formula is C12H16N2O3. The average molecular weight is 236 g/mol. The summed E-state index contributed by atoms with van der Waals surface area (Å²) in [6, 6.07) is 3.47. The third-order valence-electron chi connectivity index (χ3n) is 3.07. The lowest BCUT2D eigenvalue weighted by atomic mass is 9.97. The number of piperidine rings is 1. The van der Waals surface area contributed by atoms with E-state index in [0.29, 0.717) is 25.3 Å². The van der Waals surface area contributed by atoms with E-state index < -0.39 is 0 Å². The van der Waals surface area contributed by atoms with Gasteiger partial charge in [0.2, 0.25) is 0 Å². The molecule has 1 aromatic heterocycles. The summed E-state index contributed by atoms with van der Waals surface area (Å²) >= 11 is 0. The van der Waals surface area contributed by atoms with Crippen molar-refractivity contribution in [3.63, 3.8) is 0 Å². The minimum Gasteiger partial charge on any atom is -0.456 e. The van der Waals surface area contributed by atoms with E-state index >= 15 is 0 Å². The maximum atomic E-state index is 12.1. The van der Waals surface area contributed by atoms with Crippen LogP contribution in [0.5, 0.6) is 0 Å². The predicted octanol–water partition coefficient (Wildman–Crippen LogP) is 1.90. The highest BCUT2D eigenvalue weighted by atomic mass is 16.4. The minimum atomic E-state index is -0.0954. The van der Waals surface area contributed by atoms with Crippen LogP contribution in [0.25, 0.3) is 0 Å². The number of carbonyl (C=O) groups is 1. The molecule has 0 radical (unpaired) electrons. The van der Waals surface area contributed by atoms with Gasteiger partial charge in [-0.05, 0) is 19.1 Å². The van der Waals surface area contributed by atoms with E-state index in [1.54, 1.807) is 17.0 Å². The van der Waals surface area contributed by atoms with Gasteiger partial charge in [0.25, 0.3) is 5.91 Å². The Kier molecular flexibility index (Phi) is 3.17. The standard InChI is InChI=1S/C12H16N2O3/c1-8-7-14(6-5-10(8)13-16)12(15)11-4-3-9(2)17-11/h3-4,8,16H,5-7H2,1-2H3/b13-10+. The Balaban J connectivity index is 2.07. The number of nitrogens with zero attached hydrogens (tertiary/aromatic N) is 2. The van der Waals surface area contributed by atoms with Crippen LogP contribution in [0.15, 0.2) is 21.7 Å². The number of carbonyl (C=O) groups excluding carboxylic acids is 1. The second-order valence-electron chi connectivity index (χ2n) is 4.40. The molecule has 1 fully saturated rings. The molecule has 1 aromatic rings. The number of furan rings is 1. The van der Waals surface area contributed by atoms with Gasteiger partial charge < -0.3 is 14.5 Å². The molecule has 1 atom stereocenters. The van der Waals surface area contributed by atoms with E-state index in [0.717, 1.165) is 11.5 Å². The number of amides is 1. The normalized spacial score (nSPS) is 23.1. The van der Waals surface area contributed by atoms with Crippen molar-refractivity contribution in [2.45, 2.75) is 20.3 Å². The molecule has 1 aliphatic heterocycles. The Morgan fingerprint density at radius 3 is 2.88 bits per heavy atom. The summed E-state index contributed by atoms with van der Waals surface area (Å²) in [6.45, 7) is 4.90. The number of rotatable bonds is 1. The van der Waals surface area contributed by atoms with Gasteiger partial charge in [-0.1, -0.05) is 12.1 Å². The van der Waals surface area contributed by atoms with Gasteiger partial charge in [0, 0.05) is 25.4 Å². The first kappa shape index (κ1) is 11.7. The van der Waals surface area contributed by atoms with Crippen LogP contribution in [0.3, 0.4) is 0 Å². The van der Waals surface area contributed by atoms with Gasteiger partial charge in [0.05, 0.1) is 5.71 Å². The largest absolute Gasteiger partial charge is 0.456 e. The van der Waals surface area contributed by atoms with Gasteiger partial charge in [-0.15, -0.1) is 0 Å². The van der Waals surface area contributed by atoms with Crippen molar-refractivity contribution >= 4 is 11.6 Å². The number of hydrogen-bond donors (Lipinski definition) is 1. The lowest BCUT2D eigenvalue weighted by molar-refractivity contribution is 0.0700. The zero-order chi connectivity index (χ0) is 12.4. The molecule has 2 heterocycles. The third kappa shape index (κ3) is 2.33. The molecule has 17 heavy (non-hydrogen) atoms. The molecule has 0 aliphatic carbocycles. The summed E-state index contributed by atoms with van der Waals surface area (Å²) in [7, 11) is 0. The lowest BCUT2D eigenvalue weighted by Crippen LogP contribution is -2.43. The molecule has 2 rings (SSSR count). The van der Waals surface area contributed by atoms with Gasteiger partial charge in [-0.3, -0.25) is 4.79 Å². The zero-order valence-electron chi connectivity index (χ0n) is 10.0. The highest BCUT2D eigenvalue weighted by molar-refractivity contribution is 5.94. The van der Waals surface area contributed by atoms with E-state index in [2.05, 4.69) is 5.16 Å². The number of oxime groups is 1. The van der Waals surface area contributed by atoms with Crippen molar-refractivity contribution in [2.24, 2.45) is 11.1 Å². The number of hydrogen-bond acceptors (Lipinski definition) is 4. The van der Waals surface area contributed by atoms with Crippen LogP contribution >= 0.6 is 0 Å².